The van der Waals surface area contributed by atoms with E-state index in [0.717, 1.165) is 103 Å². The summed E-state index contributed by atoms with van der Waals surface area (Å²) in [4.78, 5) is 26.1. The third-order valence-corrected chi connectivity index (χ3v) is 11.0. The van der Waals surface area contributed by atoms with Gasteiger partial charge in [0, 0.05) is 6.42 Å². The molecule has 0 saturated heterocycles. The Balaban J connectivity index is 4.73. The van der Waals surface area contributed by atoms with Crippen molar-refractivity contribution in [1.82, 2.24) is 5.32 Å². The number of aliphatic hydroxyl groups excluding tert-OH is 2. The molecule has 0 saturated carbocycles. The molecule has 1 amide bonds. The lowest BCUT2D eigenvalue weighted by Gasteiger charge is -2.24. The second-order valence-electron chi connectivity index (χ2n) is 16.8. The molecule has 0 heterocycles. The van der Waals surface area contributed by atoms with Gasteiger partial charge in [-0.2, -0.15) is 0 Å². The summed E-state index contributed by atoms with van der Waals surface area (Å²) in [5.41, 5.74) is 0. The van der Waals surface area contributed by atoms with Gasteiger partial charge in [-0.15, -0.1) is 0 Å². The van der Waals surface area contributed by atoms with Crippen molar-refractivity contribution in [3.63, 3.8) is 0 Å². The topological polar surface area (TPSA) is 95.9 Å². The van der Waals surface area contributed by atoms with E-state index in [9.17, 15) is 19.8 Å². The third-order valence-electron chi connectivity index (χ3n) is 11.0. The van der Waals surface area contributed by atoms with Crippen molar-refractivity contribution in [1.29, 1.82) is 0 Å². The molecule has 350 valence electrons. The van der Waals surface area contributed by atoms with E-state index in [0.29, 0.717) is 19.3 Å². The zero-order valence-corrected chi connectivity index (χ0v) is 39.8. The number of nitrogens with one attached hydrogen (secondary N) is 1. The van der Waals surface area contributed by atoms with E-state index in [4.69, 9.17) is 4.74 Å². The van der Waals surface area contributed by atoms with E-state index in [1.807, 2.05) is 0 Å². The predicted octanol–water partition coefficient (Wildman–Crippen LogP) is 15.2. The van der Waals surface area contributed by atoms with Crippen molar-refractivity contribution in [2.24, 2.45) is 0 Å². The summed E-state index contributed by atoms with van der Waals surface area (Å²) in [7, 11) is 0. The first-order valence-corrected chi connectivity index (χ1v) is 25.3. The van der Waals surface area contributed by atoms with Crippen LogP contribution in [-0.4, -0.2) is 46.9 Å². The van der Waals surface area contributed by atoms with Gasteiger partial charge in [-0.05, 0) is 89.9 Å². The number of carbonyl (C=O) groups is 2. The van der Waals surface area contributed by atoms with Crippen LogP contribution in [0.1, 0.15) is 226 Å². The Morgan fingerprint density at radius 1 is 0.492 bits per heavy atom. The fourth-order valence-electron chi connectivity index (χ4n) is 7.21. The predicted molar refractivity (Wildman–Crippen MR) is 264 cm³/mol. The number of allylic oxidation sites excluding steroid dienone is 14. The van der Waals surface area contributed by atoms with Crippen LogP contribution in [0, 0.1) is 0 Å². The number of hydrogen-bond acceptors (Lipinski definition) is 5. The normalized spacial score (nSPS) is 14.0. The molecule has 0 aliphatic carbocycles. The van der Waals surface area contributed by atoms with E-state index in [2.05, 4.69) is 111 Å². The van der Waals surface area contributed by atoms with Crippen LogP contribution in [0.25, 0.3) is 0 Å². The molecule has 0 radical (unpaired) electrons. The van der Waals surface area contributed by atoms with Crippen LogP contribution in [0.4, 0.5) is 0 Å². The van der Waals surface area contributed by atoms with Crippen LogP contribution in [0.3, 0.4) is 0 Å². The maximum absolute atomic E-state index is 13.2. The summed E-state index contributed by atoms with van der Waals surface area (Å²) in [5, 5.41) is 23.7. The van der Waals surface area contributed by atoms with Gasteiger partial charge >= 0.3 is 5.97 Å². The Hall–Kier alpha value is -2.96. The molecule has 3 unspecified atom stereocenters. The third kappa shape index (κ3) is 43.5. The molecular weight excluding hydrogens is 755 g/mol. The second kappa shape index (κ2) is 48.1. The lowest BCUT2D eigenvalue weighted by Crippen LogP contribution is -2.46. The molecule has 0 rings (SSSR count). The van der Waals surface area contributed by atoms with Gasteiger partial charge in [0.15, 0.2) is 0 Å². The Bertz CT molecular complexity index is 1180. The first kappa shape index (κ1) is 58.0. The average Bonchev–Trinajstić information content (AvgIpc) is 3.25. The summed E-state index contributed by atoms with van der Waals surface area (Å²) < 4.78 is 5.90. The largest absolute Gasteiger partial charge is 0.462 e. The molecular formula is C55H95NO5. The number of ether oxygens (including phenoxy) is 1. The molecule has 0 aliphatic heterocycles. The van der Waals surface area contributed by atoms with Gasteiger partial charge in [0.25, 0.3) is 0 Å². The summed E-state index contributed by atoms with van der Waals surface area (Å²) in [6.45, 7) is 6.23. The van der Waals surface area contributed by atoms with E-state index in [1.54, 1.807) is 0 Å². The van der Waals surface area contributed by atoms with E-state index < -0.39 is 18.2 Å². The molecule has 0 aromatic rings. The van der Waals surface area contributed by atoms with Crippen molar-refractivity contribution < 1.29 is 24.5 Å². The van der Waals surface area contributed by atoms with E-state index >= 15 is 0 Å². The molecule has 3 N–H and O–H groups in total. The summed E-state index contributed by atoms with van der Waals surface area (Å²) in [6.07, 6.45) is 62.2. The van der Waals surface area contributed by atoms with Crippen LogP contribution in [0.2, 0.25) is 0 Å². The molecule has 3 atom stereocenters. The number of carbonyl (C=O) groups excluding carboxylic acids is 2. The molecule has 0 aromatic carbocycles. The molecule has 0 bridgehead atoms. The Labute approximate surface area is 376 Å². The zero-order chi connectivity index (χ0) is 44.5. The Morgan fingerprint density at radius 2 is 0.902 bits per heavy atom. The highest BCUT2D eigenvalue weighted by atomic mass is 16.5. The SMILES string of the molecule is CC/C=C\C/C=C\C/C=C\C/C=C\C/C=C\CCCC(CC(=O)NC(CO)C(O)CCCCCCCCCCCCC)OC(=O)CCCCCCCCC/C=C/C/C=C/CC. The first-order chi connectivity index (χ1) is 30.0. The highest BCUT2D eigenvalue weighted by Crippen LogP contribution is 2.17. The quantitative estimate of drug-likeness (QED) is 0.0322. The van der Waals surface area contributed by atoms with Gasteiger partial charge in [-0.1, -0.05) is 209 Å². The average molecular weight is 850 g/mol. The number of esters is 1. The van der Waals surface area contributed by atoms with Crippen molar-refractivity contribution in [2.45, 2.75) is 244 Å². The van der Waals surface area contributed by atoms with Crippen molar-refractivity contribution >= 4 is 11.9 Å². The lowest BCUT2D eigenvalue weighted by molar-refractivity contribution is -0.151. The van der Waals surface area contributed by atoms with Crippen molar-refractivity contribution in [2.75, 3.05) is 6.61 Å². The lowest BCUT2D eigenvalue weighted by atomic mass is 10.0. The summed E-state index contributed by atoms with van der Waals surface area (Å²) >= 11 is 0. The van der Waals surface area contributed by atoms with Gasteiger partial charge in [0.2, 0.25) is 5.91 Å². The fourth-order valence-corrected chi connectivity index (χ4v) is 7.21. The molecule has 0 spiro atoms. The monoisotopic (exact) mass is 850 g/mol. The molecule has 0 aromatic heterocycles. The number of hydrogen-bond donors (Lipinski definition) is 3. The summed E-state index contributed by atoms with van der Waals surface area (Å²) in [5.74, 6) is -0.544. The maximum Gasteiger partial charge on any atom is 0.306 e. The molecule has 0 fully saturated rings. The van der Waals surface area contributed by atoms with E-state index in [-0.39, 0.29) is 24.9 Å². The van der Waals surface area contributed by atoms with Gasteiger partial charge < -0.3 is 20.3 Å². The smallest absolute Gasteiger partial charge is 0.306 e. The van der Waals surface area contributed by atoms with E-state index in [1.165, 1.54) is 77.0 Å². The van der Waals surface area contributed by atoms with Crippen molar-refractivity contribution in [3.8, 4) is 0 Å². The number of aliphatic hydroxyl groups is 2. The number of amides is 1. The number of unbranched alkanes of at least 4 members (excludes halogenated alkanes) is 18. The van der Waals surface area contributed by atoms with Crippen LogP contribution in [-0.2, 0) is 14.3 Å². The highest BCUT2D eigenvalue weighted by molar-refractivity contribution is 5.77. The molecule has 6 heteroatoms. The van der Waals surface area contributed by atoms with Crippen LogP contribution in [0.15, 0.2) is 85.1 Å². The van der Waals surface area contributed by atoms with Gasteiger partial charge in [-0.25, -0.2) is 0 Å². The minimum absolute atomic E-state index is 0.0314. The standard InChI is InChI=1S/C55H95NO5/c1-4-7-10-13-16-19-22-24-26-27-28-29-32-34-37-40-43-46-51(61-55(60)48-45-42-39-36-33-30-25-23-20-17-14-11-8-5-2)49-54(59)56-52(50-57)53(58)47-44-41-38-35-31-21-18-15-12-9-6-3/h7-8,10-11,16-17,19-20,24,26,28-29,34,37,51-53,57-58H,4-6,9,12-15,18,21-23,25,27,30-33,35-36,38-50H2,1-3H3,(H,56,59)/b10-7-,11-8+,19-16-,20-17+,26-24-,29-28-,37-34-. The minimum atomic E-state index is -0.807. The zero-order valence-electron chi connectivity index (χ0n) is 39.8. The Kier molecular flexibility index (Phi) is 45.7. The van der Waals surface area contributed by atoms with Gasteiger partial charge in [-0.3, -0.25) is 9.59 Å². The van der Waals surface area contributed by atoms with Crippen LogP contribution >= 0.6 is 0 Å². The van der Waals surface area contributed by atoms with Crippen LogP contribution in [0.5, 0.6) is 0 Å². The Morgan fingerprint density at radius 3 is 1.38 bits per heavy atom. The van der Waals surface area contributed by atoms with Crippen molar-refractivity contribution in [3.05, 3.63) is 85.1 Å². The molecule has 6 nitrogen and oxygen atoms in total. The molecule has 0 aliphatic rings. The summed E-state index contributed by atoms with van der Waals surface area (Å²) in [6, 6.07) is -0.724. The van der Waals surface area contributed by atoms with Gasteiger partial charge in [0.1, 0.15) is 6.10 Å². The molecule has 61 heavy (non-hydrogen) atoms. The fraction of sp³-hybridized carbons (Fsp3) is 0.709. The van der Waals surface area contributed by atoms with Crippen LogP contribution < -0.4 is 5.32 Å². The van der Waals surface area contributed by atoms with Gasteiger partial charge in [0.05, 0.1) is 25.2 Å². The second-order valence-corrected chi connectivity index (χ2v) is 16.8. The minimum Gasteiger partial charge on any atom is -0.462 e. The highest BCUT2D eigenvalue weighted by Gasteiger charge is 2.24. The maximum atomic E-state index is 13.2. The first-order valence-electron chi connectivity index (χ1n) is 25.3. The number of rotatable bonds is 44.